The van der Waals surface area contributed by atoms with Gasteiger partial charge in [-0.05, 0) is 0 Å². The summed E-state index contributed by atoms with van der Waals surface area (Å²) in [5.41, 5.74) is 0. The highest BCUT2D eigenvalue weighted by molar-refractivity contribution is 7.48. The van der Waals surface area contributed by atoms with Crippen LogP contribution in [0.2, 0.25) is 0 Å². The number of phosphoric acid groups is 1. The smallest absolute Gasteiger partial charge is 0.282 e. The van der Waals surface area contributed by atoms with Gasteiger partial charge in [0.15, 0.2) is 0 Å². The molecule has 0 rings (SSSR count). The molecular formula is C6H6Cl9O4P. The van der Waals surface area contributed by atoms with Crippen molar-refractivity contribution in [3.63, 3.8) is 0 Å². The molecule has 0 aliphatic carbocycles. The highest BCUT2D eigenvalue weighted by atomic mass is 35.6. The Morgan fingerprint density at radius 1 is 0.600 bits per heavy atom. The number of hydrogen-bond donors (Lipinski definition) is 0. The summed E-state index contributed by atoms with van der Waals surface area (Å²) in [5, 5.41) is 0. The molecule has 14 heteroatoms. The van der Waals surface area contributed by atoms with Crippen LogP contribution < -0.4 is 0 Å². The minimum absolute atomic E-state index is 0.630. The molecule has 0 aliphatic heterocycles. The predicted octanol–water partition coefficient (Wildman–Crippen LogP) is 6.25. The molecule has 0 bridgehead atoms. The molecule has 0 aromatic heterocycles. The Balaban J connectivity index is 4.71. The molecule has 0 fully saturated rings. The fourth-order valence-corrected chi connectivity index (χ4v) is 3.02. The zero-order valence-electron chi connectivity index (χ0n) is 9.10. The number of halogens is 9. The van der Waals surface area contributed by atoms with Gasteiger partial charge in [-0.1, -0.05) is 104 Å². The lowest BCUT2D eigenvalue weighted by Crippen LogP contribution is -2.19. The van der Waals surface area contributed by atoms with E-state index >= 15 is 0 Å². The van der Waals surface area contributed by atoms with Crippen LogP contribution in [0.1, 0.15) is 0 Å². The number of alkyl halides is 9. The van der Waals surface area contributed by atoms with Crippen molar-refractivity contribution in [2.75, 3.05) is 19.8 Å². The highest BCUT2D eigenvalue weighted by Crippen LogP contribution is 2.53. The van der Waals surface area contributed by atoms with Crippen LogP contribution in [0.3, 0.4) is 0 Å². The normalized spacial score (nSPS) is 14.7. The molecule has 0 atom stereocenters. The molecule has 0 spiro atoms. The van der Waals surface area contributed by atoms with Gasteiger partial charge in [-0.2, -0.15) is 0 Å². The zero-order valence-corrected chi connectivity index (χ0v) is 16.8. The fraction of sp³-hybridized carbons (Fsp3) is 1.00. The lowest BCUT2D eigenvalue weighted by atomic mass is 10.8. The first kappa shape index (κ1) is 22.7. The molecule has 0 radical (unpaired) electrons. The predicted molar refractivity (Wildman–Crippen MR) is 86.3 cm³/mol. The minimum Gasteiger partial charge on any atom is -0.282 e. The summed E-state index contributed by atoms with van der Waals surface area (Å²) in [4.78, 5) is 0. The molecule has 4 nitrogen and oxygen atoms in total. The van der Waals surface area contributed by atoms with E-state index in [-0.39, 0.29) is 0 Å². The van der Waals surface area contributed by atoms with Crippen molar-refractivity contribution >= 4 is 112 Å². The Morgan fingerprint density at radius 3 is 0.950 bits per heavy atom. The van der Waals surface area contributed by atoms with Gasteiger partial charge in [0.25, 0.3) is 0 Å². The molecule has 0 aromatic rings. The number of hydrogen-bond acceptors (Lipinski definition) is 4. The lowest BCUT2D eigenvalue weighted by molar-refractivity contribution is 0.117. The molecule has 0 heterocycles. The van der Waals surface area contributed by atoms with Crippen molar-refractivity contribution in [3.05, 3.63) is 0 Å². The second-order valence-corrected chi connectivity index (χ2v) is 12.3. The van der Waals surface area contributed by atoms with Gasteiger partial charge in [-0.15, -0.1) is 0 Å². The van der Waals surface area contributed by atoms with Crippen LogP contribution in [-0.4, -0.2) is 31.2 Å². The molecule has 0 aliphatic rings. The topological polar surface area (TPSA) is 44.8 Å². The summed E-state index contributed by atoms with van der Waals surface area (Å²) in [6.45, 7) is -1.89. The van der Waals surface area contributed by atoms with E-state index in [0.717, 1.165) is 0 Å². The van der Waals surface area contributed by atoms with E-state index in [9.17, 15) is 4.57 Å². The first-order valence-electron chi connectivity index (χ1n) is 4.36. The second kappa shape index (κ2) is 8.71. The van der Waals surface area contributed by atoms with E-state index in [1.807, 2.05) is 0 Å². The van der Waals surface area contributed by atoms with E-state index in [1.54, 1.807) is 0 Å². The van der Waals surface area contributed by atoms with Crippen molar-refractivity contribution in [1.29, 1.82) is 0 Å². The van der Waals surface area contributed by atoms with Crippen molar-refractivity contribution < 1.29 is 18.1 Å². The summed E-state index contributed by atoms with van der Waals surface area (Å²) in [7, 11) is -4.27. The molecule has 20 heavy (non-hydrogen) atoms. The van der Waals surface area contributed by atoms with Crippen LogP contribution in [0.25, 0.3) is 0 Å². The largest absolute Gasteiger partial charge is 0.475 e. The Bertz CT molecular complexity index is 294. The molecule has 0 aromatic carbocycles. The van der Waals surface area contributed by atoms with Crippen molar-refractivity contribution in [2.45, 2.75) is 11.4 Å². The average molecular weight is 492 g/mol. The van der Waals surface area contributed by atoms with Crippen LogP contribution >= 0.6 is 112 Å². The van der Waals surface area contributed by atoms with Crippen LogP contribution in [0.4, 0.5) is 0 Å². The van der Waals surface area contributed by atoms with Crippen molar-refractivity contribution in [1.82, 2.24) is 0 Å². The summed E-state index contributed by atoms with van der Waals surface area (Å²) < 4.78 is 20.8. The van der Waals surface area contributed by atoms with E-state index in [0.29, 0.717) is 0 Å². The SMILES string of the molecule is O=P(OCC(Cl)(Cl)Cl)(OCC(Cl)(Cl)Cl)OCC(Cl)(Cl)Cl. The van der Waals surface area contributed by atoms with Gasteiger partial charge in [0.2, 0.25) is 11.4 Å². The first-order valence-corrected chi connectivity index (χ1v) is 9.22. The summed E-state index contributed by atoms with van der Waals surface area (Å²) in [5.74, 6) is 0. The van der Waals surface area contributed by atoms with Crippen molar-refractivity contribution in [2.24, 2.45) is 0 Å². The van der Waals surface area contributed by atoms with Gasteiger partial charge in [0.05, 0.1) is 0 Å². The van der Waals surface area contributed by atoms with Crippen LogP contribution in [0, 0.1) is 0 Å². The van der Waals surface area contributed by atoms with Gasteiger partial charge in [-0.25, -0.2) is 4.57 Å². The van der Waals surface area contributed by atoms with Gasteiger partial charge in [-0.3, -0.25) is 13.6 Å². The van der Waals surface area contributed by atoms with E-state index in [2.05, 4.69) is 0 Å². The molecule has 0 saturated heterocycles. The Morgan fingerprint density at radius 2 is 0.800 bits per heavy atom. The Labute approximate surface area is 160 Å². The second-order valence-electron chi connectivity index (χ2n) is 3.11. The minimum atomic E-state index is -4.27. The quantitative estimate of drug-likeness (QED) is 0.325. The summed E-state index contributed by atoms with van der Waals surface area (Å²) in [6, 6.07) is 0. The third-order valence-corrected chi connectivity index (χ3v) is 3.48. The molecule has 0 N–H and O–H groups in total. The fourth-order valence-electron chi connectivity index (χ4n) is 0.569. The highest BCUT2D eigenvalue weighted by Gasteiger charge is 2.37. The maximum atomic E-state index is 12.2. The average Bonchev–Trinajstić information content (AvgIpc) is 2.18. The van der Waals surface area contributed by atoms with Crippen molar-refractivity contribution in [3.8, 4) is 0 Å². The number of phosphoric ester groups is 1. The summed E-state index contributed by atoms with van der Waals surface area (Å²) >= 11 is 48.9. The maximum Gasteiger partial charge on any atom is 0.475 e. The van der Waals surface area contributed by atoms with Crippen LogP contribution in [0.15, 0.2) is 0 Å². The van der Waals surface area contributed by atoms with Crippen LogP contribution in [0.5, 0.6) is 0 Å². The van der Waals surface area contributed by atoms with Gasteiger partial charge in [0, 0.05) is 0 Å². The maximum absolute atomic E-state index is 12.2. The van der Waals surface area contributed by atoms with Crippen LogP contribution in [-0.2, 0) is 18.1 Å². The van der Waals surface area contributed by atoms with Gasteiger partial charge < -0.3 is 0 Å². The third-order valence-electron chi connectivity index (χ3n) is 1.16. The standard InChI is InChI=1S/C6H6Cl9O4P/c7-4(8,9)1-17-20(16,18-2-5(10,11)12)19-3-6(13,14)15/h1-3H2. The molecule has 0 unspecified atom stereocenters. The van der Waals surface area contributed by atoms with E-state index in [1.165, 1.54) is 0 Å². The third kappa shape index (κ3) is 14.3. The van der Waals surface area contributed by atoms with Gasteiger partial charge in [0.1, 0.15) is 19.8 Å². The zero-order chi connectivity index (χ0) is 16.2. The summed E-state index contributed by atoms with van der Waals surface area (Å²) in [6.07, 6.45) is 0. The Hall–Kier alpha value is 2.72. The Kier molecular flexibility index (Phi) is 9.89. The number of rotatable bonds is 6. The molecule has 0 saturated carbocycles. The lowest BCUT2D eigenvalue weighted by Gasteiger charge is -2.23. The monoisotopic (exact) mass is 488 g/mol. The van der Waals surface area contributed by atoms with E-state index in [4.69, 9.17) is 118 Å². The van der Waals surface area contributed by atoms with Gasteiger partial charge >= 0.3 is 7.82 Å². The molecule has 0 amide bonds. The molecular weight excluding hydrogens is 486 g/mol. The van der Waals surface area contributed by atoms with E-state index < -0.39 is 39.0 Å². The molecule has 122 valence electrons. The first-order chi connectivity index (χ1) is 8.62.